The molecule has 23 heavy (non-hydrogen) atoms. The van der Waals surface area contributed by atoms with Crippen molar-refractivity contribution in [3.05, 3.63) is 47.5 Å². The predicted molar refractivity (Wildman–Crippen MR) is 79.5 cm³/mol. The number of rotatable bonds is 2. The van der Waals surface area contributed by atoms with Gasteiger partial charge in [-0.15, -0.1) is 0 Å². The Hall–Kier alpha value is -2.65. The van der Waals surface area contributed by atoms with Gasteiger partial charge < -0.3 is 41.5 Å². The summed E-state index contributed by atoms with van der Waals surface area (Å²) in [4.78, 5) is 20.4. The molecule has 0 aromatic heterocycles. The van der Waals surface area contributed by atoms with E-state index in [1.807, 2.05) is 0 Å². The van der Waals surface area contributed by atoms with Gasteiger partial charge in [-0.25, -0.2) is 0 Å². The number of aromatic hydroxyl groups is 2. The Morgan fingerprint density at radius 2 is 1.09 bits per heavy atom. The molecule has 0 amide bonds. The molecule has 0 bridgehead atoms. The Labute approximate surface area is 147 Å². The van der Waals surface area contributed by atoms with Crippen molar-refractivity contribution in [1.82, 2.24) is 0 Å². The van der Waals surface area contributed by atoms with Crippen LogP contribution in [0, 0.1) is 0 Å². The van der Waals surface area contributed by atoms with Crippen molar-refractivity contribution in [2.45, 2.75) is 0 Å². The Morgan fingerprint density at radius 1 is 0.783 bits per heavy atom. The van der Waals surface area contributed by atoms with Gasteiger partial charge in [0.25, 0.3) is 0 Å². The van der Waals surface area contributed by atoms with Gasteiger partial charge in [0.2, 0.25) is 0 Å². The molecule has 0 unspecified atom stereocenters. The van der Waals surface area contributed by atoms with Crippen molar-refractivity contribution in [1.29, 1.82) is 0 Å². The molecule has 6 N–H and O–H groups in total. The summed E-state index contributed by atoms with van der Waals surface area (Å²) in [5, 5.41) is 38.4. The first-order valence-electron chi connectivity index (χ1n) is 5.82. The van der Waals surface area contributed by atoms with Gasteiger partial charge >= 0.3 is 23.1 Å². The van der Waals surface area contributed by atoms with Crippen molar-refractivity contribution in [2.24, 2.45) is 0 Å². The first-order valence-corrected chi connectivity index (χ1v) is 5.82. The number of benzene rings is 2. The zero-order valence-corrected chi connectivity index (χ0v) is 13.3. The van der Waals surface area contributed by atoms with Gasteiger partial charge in [-0.1, -0.05) is 0 Å². The van der Waals surface area contributed by atoms with Crippen molar-refractivity contribution >= 4 is 46.4 Å². The number of carbonyl (C=O) groups excluding carboxylic acids is 2. The third-order valence-electron chi connectivity index (χ3n) is 2.48. The molecular weight excluding hydrogens is 316 g/mol. The molecule has 2 aromatic carbocycles. The smallest absolute Gasteiger partial charge is 0.545 e. The largest absolute Gasteiger partial charge is 2.00 e. The molecular formula is C14H12MgN2O6. The number of carbonyl (C=O) groups is 2. The second-order valence-corrected chi connectivity index (χ2v) is 4.13. The van der Waals surface area contributed by atoms with Crippen LogP contribution in [0.15, 0.2) is 36.4 Å². The Morgan fingerprint density at radius 3 is 1.30 bits per heavy atom. The second-order valence-electron chi connectivity index (χ2n) is 4.13. The minimum atomic E-state index is -1.41. The van der Waals surface area contributed by atoms with E-state index in [1.165, 1.54) is 24.3 Å². The number of anilines is 2. The standard InChI is InChI=1S/2C7H7NO3.Mg/c2*8-4-1-2-5(7(10)11)6(9)3-4;/h2*1-3,9H,8H2,(H,10,11);/q;;+2/p-2. The SMILES string of the molecule is Nc1ccc(C(=O)[O-])c(O)c1.Nc1ccc(C(=O)[O-])c(O)c1.[Mg+2]. The van der Waals surface area contributed by atoms with Crippen molar-refractivity contribution < 1.29 is 30.0 Å². The monoisotopic (exact) mass is 328 g/mol. The average molecular weight is 329 g/mol. The average Bonchev–Trinajstić information content (AvgIpc) is 2.38. The fourth-order valence-corrected chi connectivity index (χ4v) is 1.44. The van der Waals surface area contributed by atoms with Crippen LogP contribution in [0.3, 0.4) is 0 Å². The van der Waals surface area contributed by atoms with Crippen LogP contribution in [0.4, 0.5) is 11.4 Å². The van der Waals surface area contributed by atoms with E-state index >= 15 is 0 Å². The Balaban J connectivity index is 0.000000403. The molecule has 2 rings (SSSR count). The van der Waals surface area contributed by atoms with Crippen molar-refractivity contribution in [3.8, 4) is 11.5 Å². The Kier molecular flexibility index (Phi) is 7.70. The van der Waals surface area contributed by atoms with Crippen LogP contribution in [-0.2, 0) is 0 Å². The van der Waals surface area contributed by atoms with E-state index < -0.39 is 11.9 Å². The summed E-state index contributed by atoms with van der Waals surface area (Å²) in [6, 6.07) is 7.46. The van der Waals surface area contributed by atoms with E-state index in [2.05, 4.69) is 0 Å². The fourth-order valence-electron chi connectivity index (χ4n) is 1.44. The van der Waals surface area contributed by atoms with Crippen LogP contribution in [0.2, 0.25) is 0 Å². The van der Waals surface area contributed by atoms with Gasteiger partial charge in [-0.2, -0.15) is 0 Å². The number of carboxylic acid groups (broad SMARTS) is 2. The molecule has 0 aliphatic heterocycles. The summed E-state index contributed by atoms with van der Waals surface area (Å²) in [6.45, 7) is 0. The van der Waals surface area contributed by atoms with Crippen LogP contribution >= 0.6 is 0 Å². The quantitative estimate of drug-likeness (QED) is 0.372. The van der Waals surface area contributed by atoms with Gasteiger partial charge in [0.15, 0.2) is 0 Å². The topological polar surface area (TPSA) is 173 Å². The third-order valence-corrected chi connectivity index (χ3v) is 2.48. The van der Waals surface area contributed by atoms with Gasteiger partial charge in [-0.05, 0) is 24.3 Å². The molecule has 0 heterocycles. The number of phenols is 2. The van der Waals surface area contributed by atoms with E-state index in [-0.39, 0.29) is 45.7 Å². The zero-order chi connectivity index (χ0) is 16.9. The second kappa shape index (κ2) is 8.71. The third kappa shape index (κ3) is 5.92. The molecule has 8 nitrogen and oxygen atoms in total. The molecule has 9 heteroatoms. The first kappa shape index (κ1) is 20.3. The number of hydrogen-bond donors (Lipinski definition) is 4. The molecule has 0 aliphatic carbocycles. The van der Waals surface area contributed by atoms with Gasteiger partial charge in [0.1, 0.15) is 11.5 Å². The van der Waals surface area contributed by atoms with Gasteiger partial charge in [0.05, 0.1) is 11.9 Å². The maximum atomic E-state index is 10.2. The number of nitrogen functional groups attached to an aromatic ring is 2. The van der Waals surface area contributed by atoms with E-state index in [0.29, 0.717) is 11.4 Å². The molecule has 0 saturated carbocycles. The maximum Gasteiger partial charge on any atom is 2.00 e. The molecule has 0 atom stereocenters. The summed E-state index contributed by atoms with van der Waals surface area (Å²) < 4.78 is 0. The van der Waals surface area contributed by atoms with Crippen LogP contribution in [0.5, 0.6) is 11.5 Å². The van der Waals surface area contributed by atoms with E-state index in [0.717, 1.165) is 12.1 Å². The predicted octanol–water partition coefficient (Wildman–Crippen LogP) is -1.71. The molecule has 0 saturated heterocycles. The summed E-state index contributed by atoms with van der Waals surface area (Å²) in [7, 11) is 0. The van der Waals surface area contributed by atoms with Crippen LogP contribution < -0.4 is 21.7 Å². The number of carboxylic acids is 2. The van der Waals surface area contributed by atoms with Crippen LogP contribution in [0.25, 0.3) is 0 Å². The van der Waals surface area contributed by atoms with Crippen molar-refractivity contribution in [2.75, 3.05) is 11.5 Å². The van der Waals surface area contributed by atoms with E-state index in [4.69, 9.17) is 21.7 Å². The van der Waals surface area contributed by atoms with Crippen LogP contribution in [-0.4, -0.2) is 45.2 Å². The molecule has 116 valence electrons. The molecule has 0 spiro atoms. The summed E-state index contributed by atoms with van der Waals surface area (Å²) in [5.41, 5.74) is 10.6. The van der Waals surface area contributed by atoms with Gasteiger partial charge in [0, 0.05) is 34.6 Å². The maximum absolute atomic E-state index is 10.2. The molecule has 0 radical (unpaired) electrons. The molecule has 0 fully saturated rings. The molecule has 0 aliphatic rings. The number of nitrogens with two attached hydrogens (primary N) is 2. The first-order chi connectivity index (χ1) is 10.2. The van der Waals surface area contributed by atoms with E-state index in [9.17, 15) is 19.8 Å². The summed E-state index contributed by atoms with van der Waals surface area (Å²) >= 11 is 0. The fraction of sp³-hybridized carbons (Fsp3) is 0. The minimum Gasteiger partial charge on any atom is -0.545 e. The van der Waals surface area contributed by atoms with Gasteiger partial charge in [-0.3, -0.25) is 0 Å². The van der Waals surface area contributed by atoms with Crippen LogP contribution in [0.1, 0.15) is 20.7 Å². The van der Waals surface area contributed by atoms with E-state index in [1.54, 1.807) is 0 Å². The van der Waals surface area contributed by atoms with Crippen molar-refractivity contribution in [3.63, 3.8) is 0 Å². The number of aromatic carboxylic acids is 2. The molecule has 2 aromatic rings. The summed E-state index contributed by atoms with van der Waals surface area (Å²) in [6.07, 6.45) is 0. The number of hydrogen-bond acceptors (Lipinski definition) is 8. The summed E-state index contributed by atoms with van der Waals surface area (Å²) in [5.74, 6) is -3.57. The minimum absolute atomic E-state index is 0. The normalized spacial score (nSPS) is 9.04. The zero-order valence-electron chi connectivity index (χ0n) is 11.9. The Bertz CT molecular complexity index is 659.